The lowest BCUT2D eigenvalue weighted by Crippen LogP contribution is -2.27. The summed E-state index contributed by atoms with van der Waals surface area (Å²) < 4.78 is 0. The third kappa shape index (κ3) is 4.55. The Morgan fingerprint density at radius 2 is 1.57 bits per heavy atom. The number of benzene rings is 2. The summed E-state index contributed by atoms with van der Waals surface area (Å²) in [6.07, 6.45) is 5.61. The van der Waals surface area contributed by atoms with Gasteiger partial charge in [0, 0.05) is 42.6 Å². The highest BCUT2D eigenvalue weighted by molar-refractivity contribution is 5.99. The fourth-order valence-corrected chi connectivity index (χ4v) is 3.32. The van der Waals surface area contributed by atoms with Crippen molar-refractivity contribution < 1.29 is 9.59 Å². The number of nitrogens with zero attached hydrogens (tertiary/aromatic N) is 1. The predicted octanol–water partition coefficient (Wildman–Crippen LogP) is 3.47. The van der Waals surface area contributed by atoms with Gasteiger partial charge in [-0.3, -0.25) is 14.6 Å². The molecule has 0 saturated carbocycles. The van der Waals surface area contributed by atoms with Crippen LogP contribution in [0.3, 0.4) is 0 Å². The van der Waals surface area contributed by atoms with Gasteiger partial charge in [0.05, 0.1) is 11.1 Å². The number of carbonyl (C=O) groups excluding carboxylic acids is 2. The number of amides is 2. The van der Waals surface area contributed by atoms with Crippen LogP contribution in [0.5, 0.6) is 0 Å². The summed E-state index contributed by atoms with van der Waals surface area (Å²) in [5, 5.41) is 6.91. The number of aromatic nitrogens is 2. The van der Waals surface area contributed by atoms with Crippen LogP contribution in [0.1, 0.15) is 31.8 Å². The molecular weight excluding hydrogens is 376 g/mol. The number of rotatable bonds is 7. The second-order valence-electron chi connectivity index (χ2n) is 7.00. The van der Waals surface area contributed by atoms with Crippen molar-refractivity contribution in [2.75, 3.05) is 6.54 Å². The van der Waals surface area contributed by atoms with E-state index >= 15 is 0 Å². The lowest BCUT2D eigenvalue weighted by molar-refractivity contribution is 0.0950. The van der Waals surface area contributed by atoms with Crippen LogP contribution in [0.4, 0.5) is 0 Å². The first kappa shape index (κ1) is 19.4. The van der Waals surface area contributed by atoms with Gasteiger partial charge in [0.2, 0.25) is 0 Å². The zero-order valence-electron chi connectivity index (χ0n) is 16.4. The number of hydrogen-bond acceptors (Lipinski definition) is 3. The van der Waals surface area contributed by atoms with E-state index in [2.05, 4.69) is 26.7 Å². The number of nitrogens with one attached hydrogen (secondary N) is 3. The van der Waals surface area contributed by atoms with Gasteiger partial charge in [-0.15, -0.1) is 0 Å². The maximum Gasteiger partial charge on any atom is 0.253 e. The minimum atomic E-state index is -0.264. The van der Waals surface area contributed by atoms with E-state index in [4.69, 9.17) is 0 Å². The van der Waals surface area contributed by atoms with E-state index in [1.165, 1.54) is 12.4 Å². The van der Waals surface area contributed by atoms with Crippen molar-refractivity contribution in [3.8, 4) is 0 Å². The van der Waals surface area contributed by atoms with Crippen LogP contribution in [-0.2, 0) is 13.0 Å². The van der Waals surface area contributed by atoms with Crippen molar-refractivity contribution in [1.82, 2.24) is 20.6 Å². The summed E-state index contributed by atoms with van der Waals surface area (Å²) in [6.45, 7) is 0.909. The average Bonchev–Trinajstić information content (AvgIpc) is 3.21. The van der Waals surface area contributed by atoms with Crippen LogP contribution in [0, 0.1) is 0 Å². The molecule has 2 heterocycles. The van der Waals surface area contributed by atoms with Gasteiger partial charge in [0.1, 0.15) is 0 Å². The SMILES string of the molecule is O=C(NCCc1c[nH]c2ccccc12)c1cncc(C(=O)NCc2ccccc2)c1. The van der Waals surface area contributed by atoms with Gasteiger partial charge in [0.15, 0.2) is 0 Å². The summed E-state index contributed by atoms with van der Waals surface area (Å²) in [7, 11) is 0. The molecule has 4 rings (SSSR count). The van der Waals surface area contributed by atoms with Crippen LogP contribution in [0.2, 0.25) is 0 Å². The van der Waals surface area contributed by atoms with Crippen LogP contribution < -0.4 is 10.6 Å². The molecule has 0 aliphatic carbocycles. The van der Waals surface area contributed by atoms with Gasteiger partial charge in [-0.2, -0.15) is 0 Å². The normalized spacial score (nSPS) is 10.7. The number of fused-ring (bicyclic) bond motifs is 1. The Morgan fingerprint density at radius 1 is 0.867 bits per heavy atom. The van der Waals surface area contributed by atoms with Gasteiger partial charge < -0.3 is 15.6 Å². The highest BCUT2D eigenvalue weighted by Gasteiger charge is 2.11. The monoisotopic (exact) mass is 398 g/mol. The topological polar surface area (TPSA) is 86.9 Å². The molecule has 0 aliphatic heterocycles. The Balaban J connectivity index is 1.33. The summed E-state index contributed by atoms with van der Waals surface area (Å²) in [5.74, 6) is -0.514. The minimum Gasteiger partial charge on any atom is -0.361 e. The second kappa shape index (κ2) is 9.05. The van der Waals surface area contributed by atoms with E-state index in [1.54, 1.807) is 6.07 Å². The van der Waals surface area contributed by atoms with Gasteiger partial charge in [-0.1, -0.05) is 48.5 Å². The van der Waals surface area contributed by atoms with Crippen molar-refractivity contribution in [2.24, 2.45) is 0 Å². The molecular formula is C24H22N4O2. The van der Waals surface area contributed by atoms with Crippen LogP contribution in [-0.4, -0.2) is 28.3 Å². The lowest BCUT2D eigenvalue weighted by Gasteiger charge is -2.08. The molecule has 150 valence electrons. The Labute approximate surface area is 174 Å². The van der Waals surface area contributed by atoms with Crippen molar-refractivity contribution in [3.63, 3.8) is 0 Å². The highest BCUT2D eigenvalue weighted by Crippen LogP contribution is 2.17. The van der Waals surface area contributed by atoms with E-state index in [0.717, 1.165) is 22.0 Å². The van der Waals surface area contributed by atoms with E-state index in [9.17, 15) is 9.59 Å². The quantitative estimate of drug-likeness (QED) is 0.446. The lowest BCUT2D eigenvalue weighted by atomic mass is 10.1. The molecule has 0 atom stereocenters. The largest absolute Gasteiger partial charge is 0.361 e. The zero-order chi connectivity index (χ0) is 20.8. The number of carbonyl (C=O) groups is 2. The van der Waals surface area contributed by atoms with Crippen molar-refractivity contribution >= 4 is 22.7 Å². The van der Waals surface area contributed by atoms with Crippen molar-refractivity contribution in [1.29, 1.82) is 0 Å². The number of aromatic amines is 1. The van der Waals surface area contributed by atoms with E-state index in [-0.39, 0.29) is 11.8 Å². The Bertz CT molecular complexity index is 1170. The fraction of sp³-hybridized carbons (Fsp3) is 0.125. The standard InChI is InChI=1S/C24H22N4O2/c29-23(26-11-10-18-16-27-22-9-5-4-8-21(18)22)19-12-20(15-25-14-19)24(30)28-13-17-6-2-1-3-7-17/h1-9,12,14-16,27H,10-11,13H2,(H,26,29)(H,28,30). The molecule has 0 spiro atoms. The molecule has 6 nitrogen and oxygen atoms in total. The van der Waals surface area contributed by atoms with Crippen molar-refractivity contribution in [2.45, 2.75) is 13.0 Å². The summed E-state index contributed by atoms with van der Waals surface area (Å²) in [6, 6.07) is 19.3. The highest BCUT2D eigenvalue weighted by atomic mass is 16.2. The van der Waals surface area contributed by atoms with Gasteiger partial charge in [0.25, 0.3) is 11.8 Å². The average molecular weight is 398 g/mol. The zero-order valence-corrected chi connectivity index (χ0v) is 16.4. The number of para-hydroxylation sites is 1. The third-order valence-corrected chi connectivity index (χ3v) is 4.91. The van der Waals surface area contributed by atoms with E-state index in [1.807, 2.05) is 54.7 Å². The molecule has 0 aliphatic rings. The fourth-order valence-electron chi connectivity index (χ4n) is 3.32. The van der Waals surface area contributed by atoms with Crippen LogP contribution in [0.25, 0.3) is 10.9 Å². The third-order valence-electron chi connectivity index (χ3n) is 4.91. The van der Waals surface area contributed by atoms with Crippen LogP contribution in [0.15, 0.2) is 79.3 Å². The molecule has 0 radical (unpaired) electrons. The number of hydrogen-bond donors (Lipinski definition) is 3. The smallest absolute Gasteiger partial charge is 0.253 e. The maximum atomic E-state index is 12.5. The molecule has 0 bridgehead atoms. The van der Waals surface area contributed by atoms with E-state index in [0.29, 0.717) is 30.6 Å². The van der Waals surface area contributed by atoms with Gasteiger partial charge in [-0.25, -0.2) is 0 Å². The van der Waals surface area contributed by atoms with Gasteiger partial charge in [-0.05, 0) is 29.7 Å². The number of H-pyrrole nitrogens is 1. The minimum absolute atomic E-state index is 0.250. The van der Waals surface area contributed by atoms with Gasteiger partial charge >= 0.3 is 0 Å². The Morgan fingerprint density at radius 3 is 2.37 bits per heavy atom. The van der Waals surface area contributed by atoms with E-state index < -0.39 is 0 Å². The molecule has 30 heavy (non-hydrogen) atoms. The Kier molecular flexibility index (Phi) is 5.85. The Hall–Kier alpha value is -3.93. The molecule has 0 saturated heterocycles. The predicted molar refractivity (Wildman–Crippen MR) is 116 cm³/mol. The summed E-state index contributed by atoms with van der Waals surface area (Å²) in [5.41, 5.74) is 3.96. The first-order chi connectivity index (χ1) is 14.7. The molecule has 3 N–H and O–H groups in total. The first-order valence-electron chi connectivity index (χ1n) is 9.81. The number of pyridine rings is 1. The molecule has 2 aromatic carbocycles. The molecule has 4 aromatic rings. The molecule has 6 heteroatoms. The summed E-state index contributed by atoms with van der Waals surface area (Å²) >= 11 is 0. The maximum absolute atomic E-state index is 12.5. The molecule has 0 unspecified atom stereocenters. The molecule has 0 fully saturated rings. The van der Waals surface area contributed by atoms with Crippen molar-refractivity contribution in [3.05, 3.63) is 102 Å². The van der Waals surface area contributed by atoms with Crippen LogP contribution >= 0.6 is 0 Å². The first-order valence-corrected chi connectivity index (χ1v) is 9.81. The second-order valence-corrected chi connectivity index (χ2v) is 7.00. The summed E-state index contributed by atoms with van der Waals surface area (Å²) in [4.78, 5) is 32.2. The molecule has 2 amide bonds. The molecule has 2 aromatic heterocycles.